The highest BCUT2D eigenvalue weighted by Crippen LogP contribution is 2.34. The molecular weight excluding hydrogens is 1250 g/mol. The number of benzene rings is 7. The van der Waals surface area contributed by atoms with E-state index in [0.717, 1.165) is 57.9 Å². The summed E-state index contributed by atoms with van der Waals surface area (Å²) in [7, 11) is -2.43. The molecule has 472 valence electrons. The maximum atomic E-state index is 13.8. The largest absolute Gasteiger partial charge is 0.459 e. The molecule has 24 heteroatoms. The molecule has 0 aliphatic rings. The van der Waals surface area contributed by atoms with Crippen LogP contribution in [0.1, 0.15) is 95.5 Å². The van der Waals surface area contributed by atoms with Crippen LogP contribution in [0.4, 0.5) is 0 Å². The van der Waals surface area contributed by atoms with Gasteiger partial charge in [-0.3, -0.25) is 4.18 Å². The molecule has 0 amide bonds. The number of aliphatic hydroxyl groups is 1. The van der Waals surface area contributed by atoms with Crippen LogP contribution in [-0.4, -0.2) is 126 Å². The number of nitrogens with zero attached hydrogens (tertiary/aromatic N) is 2. The fourth-order valence-electron chi connectivity index (χ4n) is 7.90. The SMILES string of the molecule is CO/N=C/[C@H](OC(=O)c1ccc(C)cc1)[C@@H](OC(=O)c1ccc(C)cc1)[C@@H](O)COC(=O)c1ccc(C)cc1.CO/N=C/[C@H](OC(=O)c1ccc(C)cc1)[C@@H](OC(=O)c1ccc(C)cc1)[C@H](COC(=O)c1ccc(C)cc1)OS(=O)(=O)c1cc(Cl)c(Cl)cc1Cl. The summed E-state index contributed by atoms with van der Waals surface area (Å²) in [5.74, 6) is -4.95. The van der Waals surface area contributed by atoms with Gasteiger partial charge in [-0.2, -0.15) is 8.42 Å². The monoisotopic (exact) mass is 1310 g/mol. The van der Waals surface area contributed by atoms with Crippen LogP contribution in [0.15, 0.2) is 173 Å². The quantitative estimate of drug-likeness (QED) is 0.0139. The first-order chi connectivity index (χ1) is 42.8. The lowest BCUT2D eigenvalue weighted by atomic mass is 10.1. The third kappa shape index (κ3) is 20.8. The van der Waals surface area contributed by atoms with E-state index in [0.29, 0.717) is 0 Å². The Labute approximate surface area is 535 Å². The van der Waals surface area contributed by atoms with Crippen LogP contribution in [0.5, 0.6) is 0 Å². The van der Waals surface area contributed by atoms with E-state index in [2.05, 4.69) is 10.3 Å². The Hall–Kier alpha value is -8.96. The molecule has 0 spiro atoms. The average molecular weight is 1310 g/mol. The van der Waals surface area contributed by atoms with Crippen molar-refractivity contribution in [3.05, 3.63) is 240 Å². The molecule has 0 aliphatic heterocycles. The zero-order chi connectivity index (χ0) is 65.7. The van der Waals surface area contributed by atoms with E-state index in [-0.39, 0.29) is 48.4 Å². The Kier molecular flexibility index (Phi) is 26.2. The Morgan fingerprint density at radius 3 is 1.06 bits per heavy atom. The van der Waals surface area contributed by atoms with E-state index >= 15 is 0 Å². The Morgan fingerprint density at radius 1 is 0.422 bits per heavy atom. The maximum Gasteiger partial charge on any atom is 0.338 e. The Bertz CT molecular complexity index is 3780. The lowest BCUT2D eigenvalue weighted by molar-refractivity contribution is -0.0784. The van der Waals surface area contributed by atoms with E-state index in [9.17, 15) is 42.3 Å². The molecule has 0 aromatic heterocycles. The average Bonchev–Trinajstić information content (AvgIpc) is 1.68. The normalized spacial score (nSPS) is 13.2. The molecule has 0 unspecified atom stereocenters. The molecule has 0 radical (unpaired) electrons. The predicted octanol–water partition coefficient (Wildman–Crippen LogP) is 11.8. The summed E-state index contributed by atoms with van der Waals surface area (Å²) in [5.41, 5.74) is 6.45. The molecular formula is C66H63Cl3N2O18S. The van der Waals surface area contributed by atoms with E-state index in [1.807, 2.05) is 41.5 Å². The number of carbonyl (C=O) groups excluding carboxylic acids is 6. The van der Waals surface area contributed by atoms with Gasteiger partial charge < -0.3 is 43.2 Å². The molecule has 7 rings (SSSR count). The number of carbonyl (C=O) groups is 6. The second-order valence-corrected chi connectivity index (χ2v) is 22.9. The molecule has 0 bridgehead atoms. The minimum atomic E-state index is -4.91. The van der Waals surface area contributed by atoms with E-state index in [1.54, 1.807) is 109 Å². The number of aryl methyl sites for hydroxylation is 6. The molecule has 0 heterocycles. The molecule has 20 nitrogen and oxygen atoms in total. The number of hydrogen-bond acceptors (Lipinski definition) is 20. The number of oxime groups is 2. The van der Waals surface area contributed by atoms with Gasteiger partial charge in [-0.05, 0) is 126 Å². The van der Waals surface area contributed by atoms with E-state index < -0.39 is 101 Å². The van der Waals surface area contributed by atoms with Crippen molar-refractivity contribution in [3.8, 4) is 0 Å². The minimum Gasteiger partial charge on any atom is -0.459 e. The number of rotatable bonds is 25. The van der Waals surface area contributed by atoms with Crippen molar-refractivity contribution in [1.29, 1.82) is 0 Å². The van der Waals surface area contributed by atoms with Crippen LogP contribution in [0, 0.1) is 41.5 Å². The van der Waals surface area contributed by atoms with Gasteiger partial charge in [-0.15, -0.1) is 0 Å². The zero-order valence-electron chi connectivity index (χ0n) is 49.9. The van der Waals surface area contributed by atoms with Crippen LogP contribution in [0.2, 0.25) is 15.1 Å². The van der Waals surface area contributed by atoms with Crippen LogP contribution in [0.25, 0.3) is 0 Å². The second kappa shape index (κ2) is 33.6. The van der Waals surface area contributed by atoms with Gasteiger partial charge in [-0.1, -0.05) is 151 Å². The van der Waals surface area contributed by atoms with Gasteiger partial charge in [0.15, 0.2) is 30.5 Å². The Morgan fingerprint density at radius 2 is 0.711 bits per heavy atom. The number of hydrogen-bond donors (Lipinski definition) is 1. The number of ether oxygens (including phenoxy) is 6. The highest BCUT2D eigenvalue weighted by molar-refractivity contribution is 7.87. The fourth-order valence-corrected chi connectivity index (χ4v) is 9.95. The number of halogens is 3. The van der Waals surface area contributed by atoms with E-state index in [1.165, 1.54) is 50.6 Å². The van der Waals surface area contributed by atoms with Crippen molar-refractivity contribution >= 4 is 93.2 Å². The third-order valence-electron chi connectivity index (χ3n) is 13.0. The third-order valence-corrected chi connectivity index (χ3v) is 15.5. The lowest BCUT2D eigenvalue weighted by Crippen LogP contribution is -2.48. The Balaban J connectivity index is 0.000000297. The van der Waals surface area contributed by atoms with Gasteiger partial charge in [0.1, 0.15) is 38.4 Å². The maximum absolute atomic E-state index is 13.8. The van der Waals surface area contributed by atoms with Gasteiger partial charge in [0.05, 0.1) is 60.9 Å². The first-order valence-corrected chi connectivity index (χ1v) is 29.9. The summed E-state index contributed by atoms with van der Waals surface area (Å²) in [6, 6.07) is 41.0. The molecule has 1 N–H and O–H groups in total. The van der Waals surface area contributed by atoms with Crippen molar-refractivity contribution in [3.63, 3.8) is 0 Å². The van der Waals surface area contributed by atoms with Gasteiger partial charge >= 0.3 is 35.8 Å². The second-order valence-electron chi connectivity index (χ2n) is 20.1. The summed E-state index contributed by atoms with van der Waals surface area (Å²) in [4.78, 5) is 87.5. The number of aliphatic hydroxyl groups excluding tert-OH is 1. The van der Waals surface area contributed by atoms with E-state index in [4.69, 9.17) is 77.1 Å². The fraction of sp³-hybridized carbons (Fsp3) is 0.242. The summed E-state index contributed by atoms with van der Waals surface area (Å²) in [5, 5.41) is 17.9. The minimum absolute atomic E-state index is 0.0343. The van der Waals surface area contributed by atoms with Gasteiger partial charge in [0.25, 0.3) is 10.1 Å². The summed E-state index contributed by atoms with van der Waals surface area (Å²) < 4.78 is 66.8. The smallest absolute Gasteiger partial charge is 0.338 e. The first kappa shape index (κ1) is 70.1. The standard InChI is InChI=1S/C36H32Cl3NO10S.C30H31NO8/c1-21-5-11-24(12-6-21)34(41)47-20-31(50-51(44,45)32-18-28(38)27(37)17-29(32)39)33(49-36(43)26-15-9-23(3)10-16-26)30(19-40-46-4)48-35(42)25-13-7-22(2)8-14-25;1-19-5-11-22(12-6-19)28(33)37-18-25(32)27(39-30(35)24-15-9-21(3)10-16-24)26(17-31-36-4)38-29(34)23-13-7-20(2)8-14-23/h5-19,30-31,33H,20H2,1-4H3;5-17,25-27,32H,18H2,1-4H3/b40-19+;31-17+/t30-,31-,33+;25-,26-,27-/m00/s1. The molecule has 7 aromatic carbocycles. The summed E-state index contributed by atoms with van der Waals surface area (Å²) in [6.07, 6.45) is -7.86. The highest BCUT2D eigenvalue weighted by Gasteiger charge is 2.42. The predicted molar refractivity (Wildman–Crippen MR) is 335 cm³/mol. The summed E-state index contributed by atoms with van der Waals surface area (Å²) in [6.45, 7) is 9.67. The van der Waals surface area contributed by atoms with Crippen LogP contribution >= 0.6 is 34.8 Å². The number of esters is 6. The molecule has 6 atom stereocenters. The van der Waals surface area contributed by atoms with Crippen molar-refractivity contribution in [2.75, 3.05) is 27.4 Å². The van der Waals surface area contributed by atoms with Crippen molar-refractivity contribution in [2.45, 2.75) is 83.1 Å². The van der Waals surface area contributed by atoms with Gasteiger partial charge in [0.2, 0.25) is 0 Å². The van der Waals surface area contributed by atoms with Crippen LogP contribution in [-0.2, 0) is 52.4 Å². The van der Waals surface area contributed by atoms with Crippen LogP contribution in [0.3, 0.4) is 0 Å². The first-order valence-electron chi connectivity index (χ1n) is 27.3. The molecule has 0 saturated carbocycles. The van der Waals surface area contributed by atoms with Gasteiger partial charge in [0, 0.05) is 0 Å². The highest BCUT2D eigenvalue weighted by atomic mass is 35.5. The van der Waals surface area contributed by atoms with Gasteiger partial charge in [-0.25, -0.2) is 28.8 Å². The molecule has 0 saturated heterocycles. The summed E-state index contributed by atoms with van der Waals surface area (Å²) >= 11 is 18.4. The molecule has 0 aliphatic carbocycles. The molecule has 7 aromatic rings. The van der Waals surface area contributed by atoms with Crippen molar-refractivity contribution in [1.82, 2.24) is 0 Å². The lowest BCUT2D eigenvalue weighted by Gasteiger charge is -2.30. The molecule has 0 fully saturated rings. The van der Waals surface area contributed by atoms with Crippen molar-refractivity contribution in [2.24, 2.45) is 10.3 Å². The molecule has 90 heavy (non-hydrogen) atoms. The topological polar surface area (TPSA) is 265 Å². The van der Waals surface area contributed by atoms with Crippen LogP contribution < -0.4 is 0 Å². The zero-order valence-corrected chi connectivity index (χ0v) is 53.0. The van der Waals surface area contributed by atoms with Crippen molar-refractivity contribution < 1.29 is 84.6 Å².